The van der Waals surface area contributed by atoms with Gasteiger partial charge in [-0.1, -0.05) is 30.0 Å². The van der Waals surface area contributed by atoms with E-state index in [1.165, 1.54) is 18.7 Å². The van der Waals surface area contributed by atoms with Crippen LogP contribution in [0.4, 0.5) is 0 Å². The zero-order valence-electron chi connectivity index (χ0n) is 10.8. The Morgan fingerprint density at radius 3 is 2.85 bits per heavy atom. The Bertz CT molecular complexity index is 503. The predicted molar refractivity (Wildman–Crippen MR) is 70.7 cm³/mol. The maximum atomic E-state index is 12.0. The molecule has 1 aliphatic heterocycles. The van der Waals surface area contributed by atoms with Crippen LogP contribution in [0.2, 0.25) is 0 Å². The van der Waals surface area contributed by atoms with E-state index in [2.05, 4.69) is 0 Å². The molecule has 0 amide bonds. The normalized spacial score (nSPS) is 21.5. The summed E-state index contributed by atoms with van der Waals surface area (Å²) in [7, 11) is 0. The summed E-state index contributed by atoms with van der Waals surface area (Å²) >= 11 is 1.22. The fourth-order valence-corrected chi connectivity index (χ4v) is 2.50. The van der Waals surface area contributed by atoms with Gasteiger partial charge < -0.3 is 14.6 Å². The highest BCUT2D eigenvalue weighted by molar-refractivity contribution is 7.99. The van der Waals surface area contributed by atoms with Crippen molar-refractivity contribution >= 4 is 23.7 Å². The SMILES string of the molecule is CC(=O)OC1CS[C@@H](OC(=O)c2ccccc2CO)O1. The molecule has 0 radical (unpaired) electrons. The highest BCUT2D eigenvalue weighted by Crippen LogP contribution is 2.28. The van der Waals surface area contributed by atoms with Gasteiger partial charge >= 0.3 is 11.9 Å². The lowest BCUT2D eigenvalue weighted by atomic mass is 10.1. The Hall–Kier alpha value is -1.57. The third-order valence-electron chi connectivity index (χ3n) is 2.54. The van der Waals surface area contributed by atoms with Crippen molar-refractivity contribution in [2.45, 2.75) is 25.4 Å². The molecule has 0 aliphatic carbocycles. The second-order valence-electron chi connectivity index (χ2n) is 4.02. The molecule has 2 atom stereocenters. The molecule has 0 bridgehead atoms. The molecule has 1 fully saturated rings. The number of esters is 2. The van der Waals surface area contributed by atoms with Gasteiger partial charge in [-0.2, -0.15) is 0 Å². The third kappa shape index (κ3) is 3.72. The fourth-order valence-electron chi connectivity index (χ4n) is 1.68. The van der Waals surface area contributed by atoms with E-state index in [0.717, 1.165) is 0 Å². The van der Waals surface area contributed by atoms with E-state index in [4.69, 9.17) is 19.3 Å². The van der Waals surface area contributed by atoms with Crippen LogP contribution < -0.4 is 0 Å². The maximum absolute atomic E-state index is 12.0. The first-order valence-electron chi connectivity index (χ1n) is 5.94. The molecule has 1 aromatic carbocycles. The minimum absolute atomic E-state index is 0.250. The molecule has 1 aromatic rings. The lowest BCUT2D eigenvalue weighted by Gasteiger charge is -2.14. The van der Waals surface area contributed by atoms with Crippen LogP contribution in [0.15, 0.2) is 24.3 Å². The van der Waals surface area contributed by atoms with Gasteiger partial charge in [0, 0.05) is 6.92 Å². The molecule has 1 saturated heterocycles. The molecule has 1 aliphatic rings. The lowest BCUT2D eigenvalue weighted by molar-refractivity contribution is -0.187. The number of rotatable bonds is 4. The Balaban J connectivity index is 1.94. The van der Waals surface area contributed by atoms with E-state index >= 15 is 0 Å². The standard InChI is InChI=1S/C13H14O6S/c1-8(15)17-11-7-20-13(18-11)19-12(16)10-5-3-2-4-9(10)6-14/h2-5,11,13-14H,6-7H2,1H3/t11?,13-/m1/s1. The van der Waals surface area contributed by atoms with Gasteiger partial charge in [-0.15, -0.1) is 0 Å². The van der Waals surface area contributed by atoms with Crippen LogP contribution in [-0.4, -0.2) is 34.7 Å². The van der Waals surface area contributed by atoms with E-state index < -0.39 is 23.9 Å². The zero-order chi connectivity index (χ0) is 14.5. The molecule has 1 heterocycles. The number of carbonyl (C=O) groups is 2. The Labute approximate surface area is 120 Å². The van der Waals surface area contributed by atoms with E-state index in [1.807, 2.05) is 0 Å². The molecule has 108 valence electrons. The predicted octanol–water partition coefficient (Wildman–Crippen LogP) is 1.27. The topological polar surface area (TPSA) is 82.1 Å². The minimum atomic E-state index is -0.821. The van der Waals surface area contributed by atoms with E-state index in [-0.39, 0.29) is 12.2 Å². The van der Waals surface area contributed by atoms with Crippen LogP contribution >= 0.6 is 11.8 Å². The fraction of sp³-hybridized carbons (Fsp3) is 0.385. The summed E-state index contributed by atoms with van der Waals surface area (Å²) < 4.78 is 15.3. The van der Waals surface area contributed by atoms with Crippen molar-refractivity contribution in [3.05, 3.63) is 35.4 Å². The molecule has 7 heteroatoms. The van der Waals surface area contributed by atoms with Gasteiger partial charge in [0.2, 0.25) is 6.29 Å². The number of hydrogen-bond acceptors (Lipinski definition) is 7. The van der Waals surface area contributed by atoms with Gasteiger partial charge in [0.15, 0.2) is 0 Å². The smallest absolute Gasteiger partial charge is 0.341 e. The quantitative estimate of drug-likeness (QED) is 0.838. The van der Waals surface area contributed by atoms with Crippen molar-refractivity contribution in [1.29, 1.82) is 0 Å². The van der Waals surface area contributed by atoms with Crippen molar-refractivity contribution < 1.29 is 28.9 Å². The highest BCUT2D eigenvalue weighted by atomic mass is 32.2. The van der Waals surface area contributed by atoms with E-state index in [1.54, 1.807) is 24.3 Å². The van der Waals surface area contributed by atoms with Gasteiger partial charge in [0.1, 0.15) is 0 Å². The summed E-state index contributed by atoms with van der Waals surface area (Å²) in [6.45, 7) is 1.03. The second-order valence-corrected chi connectivity index (χ2v) is 5.07. The van der Waals surface area contributed by atoms with Crippen molar-refractivity contribution in [3.8, 4) is 0 Å². The summed E-state index contributed by atoms with van der Waals surface area (Å²) in [5.41, 5.74) is -0.0502. The van der Waals surface area contributed by atoms with Gasteiger partial charge in [-0.05, 0) is 11.6 Å². The average molecular weight is 298 g/mol. The number of ether oxygens (including phenoxy) is 3. The highest BCUT2D eigenvalue weighted by Gasteiger charge is 2.31. The zero-order valence-corrected chi connectivity index (χ0v) is 11.6. The number of benzene rings is 1. The lowest BCUT2D eigenvalue weighted by Crippen LogP contribution is -2.22. The van der Waals surface area contributed by atoms with Crippen molar-refractivity contribution in [3.63, 3.8) is 0 Å². The molecule has 1 unspecified atom stereocenters. The number of carbonyl (C=O) groups excluding carboxylic acids is 2. The second kappa shape index (κ2) is 6.74. The van der Waals surface area contributed by atoms with Crippen LogP contribution in [0.3, 0.4) is 0 Å². The monoisotopic (exact) mass is 298 g/mol. The van der Waals surface area contributed by atoms with Crippen molar-refractivity contribution in [1.82, 2.24) is 0 Å². The van der Waals surface area contributed by atoms with Gasteiger partial charge in [0.05, 0.1) is 17.9 Å². The van der Waals surface area contributed by atoms with E-state index in [0.29, 0.717) is 11.3 Å². The maximum Gasteiger partial charge on any atom is 0.341 e. The van der Waals surface area contributed by atoms with Crippen LogP contribution in [0.25, 0.3) is 0 Å². The number of aliphatic hydroxyl groups is 1. The first-order chi connectivity index (χ1) is 9.60. The van der Waals surface area contributed by atoms with Crippen molar-refractivity contribution in [2.75, 3.05) is 5.75 Å². The molecule has 6 nitrogen and oxygen atoms in total. The third-order valence-corrected chi connectivity index (χ3v) is 3.48. The summed E-state index contributed by atoms with van der Waals surface area (Å²) in [6, 6.07) is 6.61. The average Bonchev–Trinajstić information content (AvgIpc) is 2.85. The molecule has 20 heavy (non-hydrogen) atoms. The van der Waals surface area contributed by atoms with Crippen LogP contribution in [0.5, 0.6) is 0 Å². The molecule has 1 N–H and O–H groups in total. The molecule has 0 saturated carbocycles. The van der Waals surface area contributed by atoms with Gasteiger partial charge in [-0.3, -0.25) is 9.53 Å². The molecule has 2 rings (SSSR count). The minimum Gasteiger partial charge on any atom is -0.435 e. The summed E-state index contributed by atoms with van der Waals surface area (Å²) in [5, 5.41) is 9.17. The number of hydrogen-bond donors (Lipinski definition) is 1. The molecular weight excluding hydrogens is 284 g/mol. The Kier molecular flexibility index (Phi) is 4.99. The first-order valence-corrected chi connectivity index (χ1v) is 6.99. The van der Waals surface area contributed by atoms with Crippen LogP contribution in [0.1, 0.15) is 22.8 Å². The van der Waals surface area contributed by atoms with Crippen molar-refractivity contribution in [2.24, 2.45) is 0 Å². The largest absolute Gasteiger partial charge is 0.435 e. The molecule has 0 spiro atoms. The van der Waals surface area contributed by atoms with Crippen LogP contribution in [0, 0.1) is 0 Å². The van der Waals surface area contributed by atoms with Gasteiger partial charge in [0.25, 0.3) is 5.62 Å². The van der Waals surface area contributed by atoms with E-state index in [9.17, 15) is 9.59 Å². The molecular formula is C13H14O6S. The Morgan fingerprint density at radius 1 is 1.40 bits per heavy atom. The van der Waals surface area contributed by atoms with Gasteiger partial charge in [-0.25, -0.2) is 4.79 Å². The molecule has 0 aromatic heterocycles. The summed E-state index contributed by atoms with van der Waals surface area (Å²) in [4.78, 5) is 22.8. The summed E-state index contributed by atoms with van der Waals surface area (Å²) in [6.07, 6.45) is -0.705. The first kappa shape index (κ1) is 14.8. The Morgan fingerprint density at radius 2 is 2.15 bits per heavy atom. The number of aliphatic hydroxyl groups excluding tert-OH is 1. The summed E-state index contributed by atoms with van der Waals surface area (Å²) in [5.74, 6) is -0.636. The van der Waals surface area contributed by atoms with Crippen LogP contribution in [-0.2, 0) is 25.6 Å². The number of thioether (sulfide) groups is 1.